The van der Waals surface area contributed by atoms with Crippen LogP contribution < -0.4 is 10.6 Å². The molecule has 8 nitrogen and oxygen atoms in total. The first-order chi connectivity index (χ1) is 11.0. The molecular formula is C15H23N7O. The summed E-state index contributed by atoms with van der Waals surface area (Å²) in [5.41, 5.74) is 6.89. The first-order valence-corrected chi connectivity index (χ1v) is 7.94. The molecule has 1 atom stereocenters. The summed E-state index contributed by atoms with van der Waals surface area (Å²) in [6, 6.07) is 1.57. The van der Waals surface area contributed by atoms with Crippen molar-refractivity contribution in [2.75, 3.05) is 31.1 Å². The van der Waals surface area contributed by atoms with E-state index >= 15 is 0 Å². The standard InChI is InChI=1S/C15H23N7O/c1-10(2)13(16)14(23)21-6-4-20(5-7-21)12-8-11(3)19-15-17-9-18-22(12)15/h8-10,13H,4-7,16H2,1-3H3/t13-/m0/s1. The molecule has 0 aromatic carbocycles. The van der Waals surface area contributed by atoms with E-state index in [0.717, 1.165) is 24.6 Å². The molecule has 2 N–H and O–H groups in total. The number of amides is 1. The largest absolute Gasteiger partial charge is 0.353 e. The number of nitrogens with zero attached hydrogens (tertiary/aromatic N) is 6. The lowest BCUT2D eigenvalue weighted by atomic mass is 10.0. The van der Waals surface area contributed by atoms with Crippen LogP contribution in [-0.4, -0.2) is 62.6 Å². The van der Waals surface area contributed by atoms with Crippen LogP contribution >= 0.6 is 0 Å². The lowest BCUT2D eigenvalue weighted by Gasteiger charge is -2.37. The van der Waals surface area contributed by atoms with Gasteiger partial charge in [-0.25, -0.2) is 4.98 Å². The highest BCUT2D eigenvalue weighted by atomic mass is 16.2. The minimum Gasteiger partial charge on any atom is -0.353 e. The van der Waals surface area contributed by atoms with E-state index in [2.05, 4.69) is 20.0 Å². The second kappa shape index (κ2) is 6.11. The van der Waals surface area contributed by atoms with Gasteiger partial charge in [0.2, 0.25) is 5.91 Å². The minimum atomic E-state index is -0.424. The molecule has 1 amide bonds. The summed E-state index contributed by atoms with van der Waals surface area (Å²) in [6.07, 6.45) is 1.51. The van der Waals surface area contributed by atoms with Gasteiger partial charge in [-0.2, -0.15) is 14.6 Å². The second-order valence-electron chi connectivity index (χ2n) is 6.31. The van der Waals surface area contributed by atoms with Gasteiger partial charge in [0, 0.05) is 37.9 Å². The molecule has 8 heteroatoms. The molecule has 2 aromatic heterocycles. The Kier molecular flexibility index (Phi) is 4.16. The molecule has 1 saturated heterocycles. The Bertz CT molecular complexity index is 703. The summed E-state index contributed by atoms with van der Waals surface area (Å²) in [7, 11) is 0. The molecule has 1 fully saturated rings. The Labute approximate surface area is 135 Å². The van der Waals surface area contributed by atoms with Crippen LogP contribution in [0.25, 0.3) is 5.78 Å². The van der Waals surface area contributed by atoms with Crippen molar-refractivity contribution >= 4 is 17.5 Å². The van der Waals surface area contributed by atoms with Crippen LogP contribution in [0, 0.1) is 12.8 Å². The number of anilines is 1. The maximum Gasteiger partial charge on any atom is 0.254 e. The average Bonchev–Trinajstić information content (AvgIpc) is 3.01. The van der Waals surface area contributed by atoms with E-state index in [1.165, 1.54) is 6.33 Å². The zero-order valence-corrected chi connectivity index (χ0v) is 13.8. The molecule has 1 aliphatic heterocycles. The number of carbonyl (C=O) groups is 1. The molecule has 0 saturated carbocycles. The van der Waals surface area contributed by atoms with Gasteiger partial charge in [-0.15, -0.1) is 0 Å². The Hall–Kier alpha value is -2.22. The number of aromatic nitrogens is 4. The molecule has 3 rings (SSSR count). The van der Waals surface area contributed by atoms with E-state index < -0.39 is 6.04 Å². The van der Waals surface area contributed by atoms with Gasteiger partial charge in [0.15, 0.2) is 0 Å². The normalized spacial score (nSPS) is 17.1. The SMILES string of the molecule is Cc1cc(N2CCN(C(=O)[C@@H](N)C(C)C)CC2)n2ncnc2n1. The summed E-state index contributed by atoms with van der Waals surface area (Å²) >= 11 is 0. The van der Waals surface area contributed by atoms with Gasteiger partial charge in [-0.1, -0.05) is 13.8 Å². The summed E-state index contributed by atoms with van der Waals surface area (Å²) in [5.74, 6) is 1.75. The Morgan fingerprint density at radius 1 is 1.26 bits per heavy atom. The molecule has 0 unspecified atom stereocenters. The van der Waals surface area contributed by atoms with Gasteiger partial charge < -0.3 is 15.5 Å². The second-order valence-corrected chi connectivity index (χ2v) is 6.31. The number of hydrogen-bond donors (Lipinski definition) is 1. The third-order valence-electron chi connectivity index (χ3n) is 4.28. The zero-order chi connectivity index (χ0) is 16.6. The summed E-state index contributed by atoms with van der Waals surface area (Å²) < 4.78 is 1.74. The van der Waals surface area contributed by atoms with Crippen molar-refractivity contribution < 1.29 is 4.79 Å². The highest BCUT2D eigenvalue weighted by Crippen LogP contribution is 2.18. The van der Waals surface area contributed by atoms with Crippen LogP contribution in [-0.2, 0) is 4.79 Å². The van der Waals surface area contributed by atoms with Gasteiger partial charge in [0.25, 0.3) is 5.78 Å². The minimum absolute atomic E-state index is 0.0384. The van der Waals surface area contributed by atoms with Crippen molar-refractivity contribution in [3.63, 3.8) is 0 Å². The van der Waals surface area contributed by atoms with E-state index in [1.807, 2.05) is 31.7 Å². The van der Waals surface area contributed by atoms with Crippen molar-refractivity contribution in [1.29, 1.82) is 0 Å². The maximum atomic E-state index is 12.4. The van der Waals surface area contributed by atoms with Crippen molar-refractivity contribution in [3.05, 3.63) is 18.1 Å². The number of carbonyl (C=O) groups excluding carboxylic acids is 1. The van der Waals surface area contributed by atoms with Gasteiger partial charge in [0.05, 0.1) is 6.04 Å². The van der Waals surface area contributed by atoms with Crippen molar-refractivity contribution in [1.82, 2.24) is 24.5 Å². The third-order valence-corrected chi connectivity index (χ3v) is 4.28. The van der Waals surface area contributed by atoms with Gasteiger partial charge in [-0.3, -0.25) is 4.79 Å². The first kappa shape index (κ1) is 15.7. The summed E-state index contributed by atoms with van der Waals surface area (Å²) in [4.78, 5) is 24.9. The highest BCUT2D eigenvalue weighted by Gasteiger charge is 2.27. The van der Waals surface area contributed by atoms with Crippen LogP contribution in [0.3, 0.4) is 0 Å². The van der Waals surface area contributed by atoms with Crippen LogP contribution in [0.15, 0.2) is 12.4 Å². The molecule has 2 aromatic rings. The molecule has 1 aliphatic rings. The topological polar surface area (TPSA) is 92.7 Å². The number of rotatable bonds is 3. The van der Waals surface area contributed by atoms with E-state index in [9.17, 15) is 4.79 Å². The lowest BCUT2D eigenvalue weighted by molar-refractivity contribution is -0.133. The molecule has 0 radical (unpaired) electrons. The predicted octanol–water partition coefficient (Wildman–Crippen LogP) is 0.0646. The molecule has 0 bridgehead atoms. The Morgan fingerprint density at radius 3 is 2.61 bits per heavy atom. The van der Waals surface area contributed by atoms with E-state index in [4.69, 9.17) is 5.73 Å². The smallest absolute Gasteiger partial charge is 0.254 e. The average molecular weight is 317 g/mol. The first-order valence-electron chi connectivity index (χ1n) is 7.94. The summed E-state index contributed by atoms with van der Waals surface area (Å²) in [6.45, 7) is 8.71. The number of piperazine rings is 1. The van der Waals surface area contributed by atoms with Crippen molar-refractivity contribution in [3.8, 4) is 0 Å². The van der Waals surface area contributed by atoms with E-state index in [-0.39, 0.29) is 11.8 Å². The number of hydrogen-bond acceptors (Lipinski definition) is 6. The maximum absolute atomic E-state index is 12.4. The van der Waals surface area contributed by atoms with Crippen LogP contribution in [0.1, 0.15) is 19.5 Å². The van der Waals surface area contributed by atoms with E-state index in [1.54, 1.807) is 4.52 Å². The molecule has 3 heterocycles. The van der Waals surface area contributed by atoms with Gasteiger partial charge >= 0.3 is 0 Å². The number of aryl methyl sites for hydroxylation is 1. The fourth-order valence-electron chi connectivity index (χ4n) is 2.79. The van der Waals surface area contributed by atoms with Crippen LogP contribution in [0.5, 0.6) is 0 Å². The predicted molar refractivity (Wildman–Crippen MR) is 87.1 cm³/mol. The lowest BCUT2D eigenvalue weighted by Crippen LogP contribution is -2.54. The quantitative estimate of drug-likeness (QED) is 0.861. The highest BCUT2D eigenvalue weighted by molar-refractivity contribution is 5.82. The van der Waals surface area contributed by atoms with Crippen molar-refractivity contribution in [2.24, 2.45) is 11.7 Å². The summed E-state index contributed by atoms with van der Waals surface area (Å²) in [5, 5.41) is 4.24. The molecule has 23 heavy (non-hydrogen) atoms. The molecule has 0 aliphatic carbocycles. The van der Waals surface area contributed by atoms with E-state index in [0.29, 0.717) is 18.9 Å². The molecule has 124 valence electrons. The fourth-order valence-corrected chi connectivity index (χ4v) is 2.79. The van der Waals surface area contributed by atoms with Gasteiger partial charge in [0.1, 0.15) is 12.1 Å². The van der Waals surface area contributed by atoms with Gasteiger partial charge in [-0.05, 0) is 12.8 Å². The Balaban J connectivity index is 1.74. The van der Waals surface area contributed by atoms with Crippen molar-refractivity contribution in [2.45, 2.75) is 26.8 Å². The monoisotopic (exact) mass is 317 g/mol. The fraction of sp³-hybridized carbons (Fsp3) is 0.600. The van der Waals surface area contributed by atoms with Crippen LogP contribution in [0.4, 0.5) is 5.82 Å². The zero-order valence-electron chi connectivity index (χ0n) is 13.8. The Morgan fingerprint density at radius 2 is 1.96 bits per heavy atom. The number of fused-ring (bicyclic) bond motifs is 1. The van der Waals surface area contributed by atoms with Crippen LogP contribution in [0.2, 0.25) is 0 Å². The third kappa shape index (κ3) is 2.98. The molecule has 0 spiro atoms. The molecular weight excluding hydrogens is 294 g/mol. The number of nitrogens with two attached hydrogens (primary N) is 1.